The molecule has 1 N–H and O–H groups in total. The third-order valence-corrected chi connectivity index (χ3v) is 2.28. The van der Waals surface area contributed by atoms with E-state index in [2.05, 4.69) is 9.97 Å². The maximum absolute atomic E-state index is 8.94. The number of aromatic nitrogens is 2. The van der Waals surface area contributed by atoms with E-state index in [0.29, 0.717) is 5.88 Å². The van der Waals surface area contributed by atoms with E-state index in [9.17, 15) is 0 Å². The van der Waals surface area contributed by atoms with Gasteiger partial charge in [0, 0.05) is 11.6 Å². The topological polar surface area (TPSA) is 55.2 Å². The fourth-order valence-corrected chi connectivity index (χ4v) is 1.39. The molecule has 82 valence electrons. The molecule has 0 saturated carbocycles. The summed E-state index contributed by atoms with van der Waals surface area (Å²) in [4.78, 5) is 8.10. The fraction of sp³-hybridized carbons (Fsp3) is 0.167. The highest BCUT2D eigenvalue weighted by Gasteiger charge is 2.01. The summed E-state index contributed by atoms with van der Waals surface area (Å²) in [6.45, 7) is 0.0490. The Balaban J connectivity index is 2.34. The maximum Gasteiger partial charge on any atom is 0.216 e. The Morgan fingerprint density at radius 2 is 1.94 bits per heavy atom. The van der Waals surface area contributed by atoms with Crippen molar-refractivity contribution in [2.75, 3.05) is 7.11 Å². The summed E-state index contributed by atoms with van der Waals surface area (Å²) in [6, 6.07) is 9.32. The van der Waals surface area contributed by atoms with Gasteiger partial charge in [-0.05, 0) is 5.56 Å². The molecule has 0 aliphatic carbocycles. The first-order valence-electron chi connectivity index (χ1n) is 4.89. The molecule has 0 radical (unpaired) electrons. The van der Waals surface area contributed by atoms with Crippen LogP contribution in [0, 0.1) is 0 Å². The zero-order valence-electron chi connectivity index (χ0n) is 8.92. The summed E-state index contributed by atoms with van der Waals surface area (Å²) < 4.78 is 5.03. The number of hydrogen-bond donors (Lipinski definition) is 1. The minimum absolute atomic E-state index is 0.0490. The molecule has 4 heteroatoms. The summed E-state index contributed by atoms with van der Waals surface area (Å²) in [5.74, 6) is 0.538. The highest BCUT2D eigenvalue weighted by molar-refractivity contribution is 5.59. The molecule has 0 atom stereocenters. The van der Waals surface area contributed by atoms with E-state index in [4.69, 9.17) is 9.84 Å². The van der Waals surface area contributed by atoms with Crippen molar-refractivity contribution in [3.05, 3.63) is 42.2 Å². The van der Waals surface area contributed by atoms with Gasteiger partial charge in [-0.25, -0.2) is 9.97 Å². The van der Waals surface area contributed by atoms with Crippen LogP contribution in [0.1, 0.15) is 5.56 Å². The van der Waals surface area contributed by atoms with E-state index in [0.717, 1.165) is 16.8 Å². The van der Waals surface area contributed by atoms with Gasteiger partial charge in [0.05, 0.1) is 19.4 Å². The minimum Gasteiger partial charge on any atom is -0.481 e. The molecule has 16 heavy (non-hydrogen) atoms. The van der Waals surface area contributed by atoms with E-state index in [1.165, 1.54) is 6.33 Å². The Labute approximate surface area is 93.6 Å². The molecule has 0 aliphatic heterocycles. The van der Waals surface area contributed by atoms with Crippen molar-refractivity contribution in [1.82, 2.24) is 9.97 Å². The standard InChI is InChI=1S/C12H12N2O2/c1-16-12-6-11(13-8-14-12)10-4-2-9(7-15)3-5-10/h2-6,8,15H,7H2,1H3. The van der Waals surface area contributed by atoms with Crippen LogP contribution < -0.4 is 4.74 Å². The average molecular weight is 216 g/mol. The fourth-order valence-electron chi connectivity index (χ4n) is 1.39. The van der Waals surface area contributed by atoms with Crippen molar-refractivity contribution < 1.29 is 9.84 Å². The third-order valence-electron chi connectivity index (χ3n) is 2.28. The maximum atomic E-state index is 8.94. The molecule has 1 aromatic carbocycles. The second kappa shape index (κ2) is 4.72. The molecule has 0 aliphatic rings. The lowest BCUT2D eigenvalue weighted by molar-refractivity contribution is 0.282. The molecule has 2 rings (SSSR count). The molecule has 2 aromatic rings. The number of ether oxygens (including phenoxy) is 1. The normalized spacial score (nSPS) is 10.1. The molecule has 0 saturated heterocycles. The lowest BCUT2D eigenvalue weighted by Gasteiger charge is -2.03. The van der Waals surface area contributed by atoms with Gasteiger partial charge in [0.15, 0.2) is 0 Å². The van der Waals surface area contributed by atoms with Crippen LogP contribution in [0.25, 0.3) is 11.3 Å². The molecule has 1 heterocycles. The molecule has 0 bridgehead atoms. The van der Waals surface area contributed by atoms with Gasteiger partial charge in [-0.2, -0.15) is 0 Å². The summed E-state index contributed by atoms with van der Waals surface area (Å²) in [5.41, 5.74) is 2.65. The van der Waals surface area contributed by atoms with E-state index in [-0.39, 0.29) is 6.61 Å². The van der Waals surface area contributed by atoms with Gasteiger partial charge in [0.1, 0.15) is 6.33 Å². The second-order valence-electron chi connectivity index (χ2n) is 3.30. The van der Waals surface area contributed by atoms with Gasteiger partial charge in [-0.3, -0.25) is 0 Å². The second-order valence-corrected chi connectivity index (χ2v) is 3.30. The van der Waals surface area contributed by atoms with Gasteiger partial charge in [0.25, 0.3) is 0 Å². The van der Waals surface area contributed by atoms with E-state index >= 15 is 0 Å². The molecule has 1 aromatic heterocycles. The molecule has 0 fully saturated rings. The first-order chi connectivity index (χ1) is 7.83. The number of methoxy groups -OCH3 is 1. The Morgan fingerprint density at radius 3 is 2.56 bits per heavy atom. The number of aliphatic hydroxyl groups is 1. The van der Waals surface area contributed by atoms with Gasteiger partial charge in [-0.15, -0.1) is 0 Å². The van der Waals surface area contributed by atoms with E-state index in [1.54, 1.807) is 13.2 Å². The lowest BCUT2D eigenvalue weighted by Crippen LogP contribution is -1.91. The smallest absolute Gasteiger partial charge is 0.216 e. The van der Waals surface area contributed by atoms with Gasteiger partial charge in [-0.1, -0.05) is 24.3 Å². The molecule has 0 amide bonds. The van der Waals surface area contributed by atoms with Crippen LogP contribution in [-0.2, 0) is 6.61 Å². The Kier molecular flexibility index (Phi) is 3.12. The van der Waals surface area contributed by atoms with Crippen LogP contribution in [-0.4, -0.2) is 22.2 Å². The average Bonchev–Trinajstić information content (AvgIpc) is 2.39. The highest BCUT2D eigenvalue weighted by Crippen LogP contribution is 2.19. The zero-order chi connectivity index (χ0) is 11.4. The van der Waals surface area contributed by atoms with Crippen molar-refractivity contribution in [1.29, 1.82) is 0 Å². The van der Waals surface area contributed by atoms with Crippen LogP contribution >= 0.6 is 0 Å². The van der Waals surface area contributed by atoms with Gasteiger partial charge >= 0.3 is 0 Å². The van der Waals surface area contributed by atoms with Gasteiger partial charge < -0.3 is 9.84 Å². The van der Waals surface area contributed by atoms with E-state index in [1.807, 2.05) is 24.3 Å². The molecular weight excluding hydrogens is 204 g/mol. The Morgan fingerprint density at radius 1 is 1.19 bits per heavy atom. The van der Waals surface area contributed by atoms with Crippen molar-refractivity contribution >= 4 is 0 Å². The van der Waals surface area contributed by atoms with Crippen LogP contribution in [0.3, 0.4) is 0 Å². The van der Waals surface area contributed by atoms with Crippen LogP contribution in [0.2, 0.25) is 0 Å². The van der Waals surface area contributed by atoms with Crippen molar-refractivity contribution in [2.45, 2.75) is 6.61 Å². The third kappa shape index (κ3) is 2.17. The minimum atomic E-state index is 0.0490. The first-order valence-corrected chi connectivity index (χ1v) is 4.89. The SMILES string of the molecule is COc1cc(-c2ccc(CO)cc2)ncn1. The summed E-state index contributed by atoms with van der Waals surface area (Å²) in [5, 5.41) is 8.94. The van der Waals surface area contributed by atoms with E-state index < -0.39 is 0 Å². The van der Waals surface area contributed by atoms with Crippen molar-refractivity contribution in [3.63, 3.8) is 0 Å². The van der Waals surface area contributed by atoms with Crippen LogP contribution in [0.5, 0.6) is 5.88 Å². The lowest BCUT2D eigenvalue weighted by atomic mass is 10.1. The molecule has 0 unspecified atom stereocenters. The Bertz CT molecular complexity index is 469. The molecular formula is C12H12N2O2. The monoisotopic (exact) mass is 216 g/mol. The van der Waals surface area contributed by atoms with Crippen LogP contribution in [0.15, 0.2) is 36.7 Å². The summed E-state index contributed by atoms with van der Waals surface area (Å²) >= 11 is 0. The Hall–Kier alpha value is -1.94. The zero-order valence-corrected chi connectivity index (χ0v) is 8.92. The van der Waals surface area contributed by atoms with Gasteiger partial charge in [0.2, 0.25) is 5.88 Å². The van der Waals surface area contributed by atoms with Crippen LogP contribution in [0.4, 0.5) is 0 Å². The summed E-state index contributed by atoms with van der Waals surface area (Å²) in [6.07, 6.45) is 1.47. The molecule has 4 nitrogen and oxygen atoms in total. The summed E-state index contributed by atoms with van der Waals surface area (Å²) in [7, 11) is 1.57. The molecule has 0 spiro atoms. The predicted molar refractivity (Wildman–Crippen MR) is 59.9 cm³/mol. The quantitative estimate of drug-likeness (QED) is 0.847. The largest absolute Gasteiger partial charge is 0.481 e. The van der Waals surface area contributed by atoms with Crippen molar-refractivity contribution in [2.24, 2.45) is 0 Å². The number of aliphatic hydroxyl groups excluding tert-OH is 1. The number of benzene rings is 1. The van der Waals surface area contributed by atoms with Crippen molar-refractivity contribution in [3.8, 4) is 17.1 Å². The number of nitrogens with zero attached hydrogens (tertiary/aromatic N) is 2. The first kappa shape index (κ1) is 10.6. The number of rotatable bonds is 3. The highest BCUT2D eigenvalue weighted by atomic mass is 16.5. The number of hydrogen-bond acceptors (Lipinski definition) is 4. The predicted octanol–water partition coefficient (Wildman–Crippen LogP) is 1.64.